The Morgan fingerprint density at radius 2 is 1.93 bits per heavy atom. The van der Waals surface area contributed by atoms with Gasteiger partial charge in [0.05, 0.1) is 5.69 Å². The lowest BCUT2D eigenvalue weighted by molar-refractivity contribution is 0.680. The third-order valence-electron chi connectivity index (χ3n) is 2.90. The summed E-state index contributed by atoms with van der Waals surface area (Å²) in [7, 11) is 0. The van der Waals surface area contributed by atoms with Crippen LogP contribution in [0.2, 0.25) is 0 Å². The first kappa shape index (κ1) is 10.4. The number of rotatable bonds is 3. The molecule has 1 aromatic heterocycles. The molecule has 0 saturated heterocycles. The molecule has 1 aliphatic rings. The van der Waals surface area contributed by atoms with Gasteiger partial charge in [0.1, 0.15) is 5.82 Å². The minimum atomic E-state index is 0.414. The van der Waals surface area contributed by atoms with E-state index in [0.29, 0.717) is 12.0 Å². The van der Waals surface area contributed by atoms with Crippen molar-refractivity contribution in [2.45, 2.75) is 51.5 Å². The molecule has 1 aromatic rings. The predicted molar refractivity (Wildman–Crippen MR) is 62.0 cm³/mol. The van der Waals surface area contributed by atoms with E-state index in [1.807, 2.05) is 6.07 Å². The zero-order valence-electron chi connectivity index (χ0n) is 9.53. The maximum atomic E-state index is 4.30. The number of aromatic nitrogens is 2. The van der Waals surface area contributed by atoms with Crippen molar-refractivity contribution in [3.63, 3.8) is 0 Å². The highest BCUT2D eigenvalue weighted by Gasteiger charge is 2.18. The molecule has 1 saturated carbocycles. The van der Waals surface area contributed by atoms with E-state index in [-0.39, 0.29) is 0 Å². The van der Waals surface area contributed by atoms with Crippen LogP contribution in [0.15, 0.2) is 12.1 Å². The summed E-state index contributed by atoms with van der Waals surface area (Å²) in [5.41, 5.74) is 1.17. The van der Waals surface area contributed by atoms with E-state index in [1.165, 1.54) is 31.4 Å². The molecule has 82 valence electrons. The molecule has 0 bridgehead atoms. The monoisotopic (exact) mass is 205 g/mol. The van der Waals surface area contributed by atoms with Crippen molar-refractivity contribution in [1.29, 1.82) is 0 Å². The van der Waals surface area contributed by atoms with Gasteiger partial charge in [0, 0.05) is 12.0 Å². The average molecular weight is 205 g/mol. The molecule has 3 nitrogen and oxygen atoms in total. The second-order valence-corrected chi connectivity index (χ2v) is 4.62. The van der Waals surface area contributed by atoms with Gasteiger partial charge >= 0.3 is 0 Å². The summed E-state index contributed by atoms with van der Waals surface area (Å²) < 4.78 is 0. The number of nitrogens with one attached hydrogen (secondary N) is 1. The summed E-state index contributed by atoms with van der Waals surface area (Å²) in [6, 6.07) is 4.57. The Hall–Kier alpha value is -1.12. The number of nitrogens with zero attached hydrogens (tertiary/aromatic N) is 2. The van der Waals surface area contributed by atoms with Crippen LogP contribution in [0.4, 0.5) is 5.82 Å². The first-order valence-electron chi connectivity index (χ1n) is 5.86. The SMILES string of the molecule is CC(C)Nc1ccc(C2CCCC2)nn1. The first-order valence-corrected chi connectivity index (χ1v) is 5.86. The minimum Gasteiger partial charge on any atom is -0.366 e. The molecule has 0 spiro atoms. The maximum absolute atomic E-state index is 4.30. The molecule has 2 rings (SSSR count). The van der Waals surface area contributed by atoms with E-state index >= 15 is 0 Å². The molecule has 15 heavy (non-hydrogen) atoms. The van der Waals surface area contributed by atoms with Crippen LogP contribution < -0.4 is 5.32 Å². The Morgan fingerprint density at radius 1 is 1.20 bits per heavy atom. The molecule has 1 aliphatic carbocycles. The number of anilines is 1. The highest BCUT2D eigenvalue weighted by atomic mass is 15.2. The van der Waals surface area contributed by atoms with E-state index in [2.05, 4.69) is 35.4 Å². The lowest BCUT2D eigenvalue weighted by Gasteiger charge is -2.10. The Labute approximate surface area is 91.3 Å². The summed E-state index contributed by atoms with van der Waals surface area (Å²) in [6.45, 7) is 4.21. The van der Waals surface area contributed by atoms with Gasteiger partial charge in [-0.25, -0.2) is 0 Å². The van der Waals surface area contributed by atoms with Gasteiger partial charge in [-0.05, 0) is 38.8 Å². The number of hydrogen-bond donors (Lipinski definition) is 1. The smallest absolute Gasteiger partial charge is 0.148 e. The Balaban J connectivity index is 2.03. The highest BCUT2D eigenvalue weighted by molar-refractivity contribution is 5.34. The zero-order chi connectivity index (χ0) is 10.7. The van der Waals surface area contributed by atoms with E-state index in [4.69, 9.17) is 0 Å². The molecule has 0 unspecified atom stereocenters. The van der Waals surface area contributed by atoms with Gasteiger partial charge < -0.3 is 5.32 Å². The minimum absolute atomic E-state index is 0.414. The van der Waals surface area contributed by atoms with Gasteiger partial charge in [-0.3, -0.25) is 0 Å². The van der Waals surface area contributed by atoms with Crippen molar-refractivity contribution < 1.29 is 0 Å². The van der Waals surface area contributed by atoms with Gasteiger partial charge in [0.25, 0.3) is 0 Å². The summed E-state index contributed by atoms with van der Waals surface area (Å²) in [5.74, 6) is 1.54. The molecule has 1 fully saturated rings. The molecular weight excluding hydrogens is 186 g/mol. The molecule has 3 heteroatoms. The standard InChI is InChI=1S/C12H19N3/c1-9(2)13-12-8-7-11(14-15-12)10-5-3-4-6-10/h7-10H,3-6H2,1-2H3,(H,13,15). The Bertz CT molecular complexity index is 299. The predicted octanol–water partition coefficient (Wildman–Crippen LogP) is 2.95. The van der Waals surface area contributed by atoms with Crippen LogP contribution in [0, 0.1) is 0 Å². The summed E-state index contributed by atoms with van der Waals surface area (Å²) in [6.07, 6.45) is 5.26. The topological polar surface area (TPSA) is 37.8 Å². The van der Waals surface area contributed by atoms with Crippen molar-refractivity contribution in [3.05, 3.63) is 17.8 Å². The molecular formula is C12H19N3. The van der Waals surface area contributed by atoms with Crippen molar-refractivity contribution in [2.75, 3.05) is 5.32 Å². The summed E-state index contributed by atoms with van der Waals surface area (Å²) >= 11 is 0. The van der Waals surface area contributed by atoms with E-state index in [1.54, 1.807) is 0 Å². The second kappa shape index (κ2) is 4.60. The fourth-order valence-corrected chi connectivity index (χ4v) is 2.15. The molecule has 0 aromatic carbocycles. The van der Waals surface area contributed by atoms with Gasteiger partial charge in [-0.2, -0.15) is 5.10 Å². The van der Waals surface area contributed by atoms with Gasteiger partial charge in [0.2, 0.25) is 0 Å². The van der Waals surface area contributed by atoms with Crippen LogP contribution in [0.25, 0.3) is 0 Å². The van der Waals surface area contributed by atoms with Crippen molar-refractivity contribution in [3.8, 4) is 0 Å². The van der Waals surface area contributed by atoms with E-state index in [9.17, 15) is 0 Å². The molecule has 0 atom stereocenters. The van der Waals surface area contributed by atoms with Gasteiger partial charge in [-0.1, -0.05) is 12.8 Å². The molecule has 0 aliphatic heterocycles. The normalized spacial score (nSPS) is 17.3. The Morgan fingerprint density at radius 3 is 2.47 bits per heavy atom. The van der Waals surface area contributed by atoms with Gasteiger partial charge in [0.15, 0.2) is 0 Å². The Kier molecular flexibility index (Phi) is 3.19. The van der Waals surface area contributed by atoms with Gasteiger partial charge in [-0.15, -0.1) is 5.10 Å². The fourth-order valence-electron chi connectivity index (χ4n) is 2.15. The van der Waals surface area contributed by atoms with Crippen LogP contribution in [0.1, 0.15) is 51.1 Å². The van der Waals surface area contributed by atoms with Crippen molar-refractivity contribution in [1.82, 2.24) is 10.2 Å². The van der Waals surface area contributed by atoms with E-state index < -0.39 is 0 Å². The maximum Gasteiger partial charge on any atom is 0.148 e. The molecule has 0 radical (unpaired) electrons. The van der Waals surface area contributed by atoms with Crippen LogP contribution in [-0.2, 0) is 0 Å². The van der Waals surface area contributed by atoms with Crippen LogP contribution in [0.3, 0.4) is 0 Å². The zero-order valence-corrected chi connectivity index (χ0v) is 9.53. The fraction of sp³-hybridized carbons (Fsp3) is 0.667. The lowest BCUT2D eigenvalue weighted by Crippen LogP contribution is -2.12. The largest absolute Gasteiger partial charge is 0.366 e. The summed E-state index contributed by atoms with van der Waals surface area (Å²) in [5, 5.41) is 11.8. The van der Waals surface area contributed by atoms with E-state index in [0.717, 1.165) is 5.82 Å². The average Bonchev–Trinajstić information content (AvgIpc) is 2.71. The molecule has 0 amide bonds. The lowest BCUT2D eigenvalue weighted by atomic mass is 10.0. The van der Waals surface area contributed by atoms with Crippen LogP contribution in [0.5, 0.6) is 0 Å². The van der Waals surface area contributed by atoms with Crippen LogP contribution in [-0.4, -0.2) is 16.2 Å². The highest BCUT2D eigenvalue weighted by Crippen LogP contribution is 2.32. The molecule has 1 N–H and O–H groups in total. The summed E-state index contributed by atoms with van der Waals surface area (Å²) in [4.78, 5) is 0. The van der Waals surface area contributed by atoms with Crippen molar-refractivity contribution >= 4 is 5.82 Å². The second-order valence-electron chi connectivity index (χ2n) is 4.62. The van der Waals surface area contributed by atoms with Crippen molar-refractivity contribution in [2.24, 2.45) is 0 Å². The van der Waals surface area contributed by atoms with Crippen LogP contribution >= 0.6 is 0 Å². The molecule has 1 heterocycles. The quantitative estimate of drug-likeness (QED) is 0.824. The third kappa shape index (κ3) is 2.67. The number of hydrogen-bond acceptors (Lipinski definition) is 3. The first-order chi connectivity index (χ1) is 7.25. The third-order valence-corrected chi connectivity index (χ3v) is 2.90.